The number of amides is 1. The molecule has 0 aliphatic carbocycles. The van der Waals surface area contributed by atoms with Crippen molar-refractivity contribution in [2.45, 2.75) is 0 Å². The molecular weight excluding hydrogens is 272 g/mol. The lowest BCUT2D eigenvalue weighted by Gasteiger charge is -2.01. The van der Waals surface area contributed by atoms with Crippen LogP contribution in [0, 0.1) is 0 Å². The summed E-state index contributed by atoms with van der Waals surface area (Å²) in [6.07, 6.45) is 1.75. The zero-order chi connectivity index (χ0) is 13.9. The summed E-state index contributed by atoms with van der Waals surface area (Å²) in [5, 5.41) is 3.30. The van der Waals surface area contributed by atoms with E-state index >= 15 is 0 Å². The minimum atomic E-state index is -0.219. The molecule has 0 unspecified atom stereocenters. The van der Waals surface area contributed by atoms with Crippen LogP contribution in [0.4, 0.5) is 0 Å². The molecule has 2 aromatic carbocycles. The Kier molecular flexibility index (Phi) is 3.35. The summed E-state index contributed by atoms with van der Waals surface area (Å²) in [6.45, 7) is 0. The number of benzene rings is 2. The third-order valence-electron chi connectivity index (χ3n) is 2.93. The molecule has 0 saturated carbocycles. The van der Waals surface area contributed by atoms with Crippen LogP contribution in [0.5, 0.6) is 0 Å². The van der Waals surface area contributed by atoms with E-state index in [-0.39, 0.29) is 5.91 Å². The summed E-state index contributed by atoms with van der Waals surface area (Å²) in [7, 11) is 0. The molecule has 0 atom stereocenters. The summed E-state index contributed by atoms with van der Waals surface area (Å²) < 4.78 is 0. The highest BCUT2D eigenvalue weighted by Crippen LogP contribution is 2.20. The van der Waals surface area contributed by atoms with Crippen LogP contribution in [0.15, 0.2) is 65.3 Å². The molecule has 1 N–H and O–H groups in total. The Bertz CT molecular complexity index is 720. The first-order valence-corrected chi connectivity index (χ1v) is 6.53. The Hall–Kier alpha value is -2.39. The molecular formula is C16H11ClN2O. The SMILES string of the molecule is O=C1NC(c2ccccc2Cl)=N/C1=C/c1ccccc1. The second-order valence-corrected chi connectivity index (χ2v) is 4.74. The maximum absolute atomic E-state index is 11.9. The van der Waals surface area contributed by atoms with Gasteiger partial charge in [-0.3, -0.25) is 4.79 Å². The number of nitrogens with one attached hydrogen (secondary N) is 1. The van der Waals surface area contributed by atoms with Gasteiger partial charge in [-0.2, -0.15) is 0 Å². The van der Waals surface area contributed by atoms with Crippen LogP contribution in [0.2, 0.25) is 5.02 Å². The van der Waals surface area contributed by atoms with E-state index in [1.807, 2.05) is 48.5 Å². The molecule has 0 saturated heterocycles. The van der Waals surface area contributed by atoms with Crippen molar-refractivity contribution in [2.24, 2.45) is 4.99 Å². The maximum Gasteiger partial charge on any atom is 0.275 e. The lowest BCUT2D eigenvalue weighted by Crippen LogP contribution is -2.24. The smallest absolute Gasteiger partial charge is 0.275 e. The first kappa shape index (κ1) is 12.6. The van der Waals surface area contributed by atoms with Crippen LogP contribution < -0.4 is 5.32 Å². The molecule has 0 aromatic heterocycles. The van der Waals surface area contributed by atoms with E-state index in [4.69, 9.17) is 11.6 Å². The molecule has 1 aliphatic rings. The van der Waals surface area contributed by atoms with Crippen molar-refractivity contribution in [3.8, 4) is 0 Å². The van der Waals surface area contributed by atoms with Crippen molar-refractivity contribution in [1.82, 2.24) is 5.32 Å². The minimum absolute atomic E-state index is 0.219. The third kappa shape index (κ3) is 2.49. The van der Waals surface area contributed by atoms with E-state index in [2.05, 4.69) is 10.3 Å². The lowest BCUT2D eigenvalue weighted by atomic mass is 10.2. The molecule has 3 nitrogen and oxygen atoms in total. The van der Waals surface area contributed by atoms with E-state index in [1.54, 1.807) is 12.1 Å². The van der Waals surface area contributed by atoms with Crippen LogP contribution in [-0.2, 0) is 4.79 Å². The fourth-order valence-corrected chi connectivity index (χ4v) is 2.18. The zero-order valence-electron chi connectivity index (χ0n) is 10.5. The third-order valence-corrected chi connectivity index (χ3v) is 3.26. The Morgan fingerprint density at radius 1 is 1.00 bits per heavy atom. The summed E-state index contributed by atoms with van der Waals surface area (Å²) in [5.74, 6) is 0.270. The fraction of sp³-hybridized carbons (Fsp3) is 0. The summed E-state index contributed by atoms with van der Waals surface area (Å²) in [6, 6.07) is 16.9. The highest BCUT2D eigenvalue weighted by atomic mass is 35.5. The average molecular weight is 283 g/mol. The zero-order valence-corrected chi connectivity index (χ0v) is 11.3. The van der Waals surface area contributed by atoms with Crippen LogP contribution in [0.25, 0.3) is 6.08 Å². The second-order valence-electron chi connectivity index (χ2n) is 4.33. The molecule has 1 amide bonds. The molecule has 3 rings (SSSR count). The van der Waals surface area contributed by atoms with Gasteiger partial charge in [-0.25, -0.2) is 4.99 Å². The highest BCUT2D eigenvalue weighted by molar-refractivity contribution is 6.35. The van der Waals surface area contributed by atoms with E-state index in [0.717, 1.165) is 11.1 Å². The van der Waals surface area contributed by atoms with Crippen molar-refractivity contribution in [1.29, 1.82) is 0 Å². The van der Waals surface area contributed by atoms with Crippen molar-refractivity contribution in [3.63, 3.8) is 0 Å². The quantitative estimate of drug-likeness (QED) is 0.844. The molecule has 1 aliphatic heterocycles. The minimum Gasteiger partial charge on any atom is -0.305 e. The van der Waals surface area contributed by atoms with Gasteiger partial charge < -0.3 is 5.32 Å². The molecule has 20 heavy (non-hydrogen) atoms. The Morgan fingerprint density at radius 2 is 1.70 bits per heavy atom. The van der Waals surface area contributed by atoms with E-state index in [1.165, 1.54) is 0 Å². The van der Waals surface area contributed by atoms with Gasteiger partial charge in [0.1, 0.15) is 11.5 Å². The second kappa shape index (κ2) is 5.31. The van der Waals surface area contributed by atoms with Gasteiger partial charge in [-0.15, -0.1) is 0 Å². The molecule has 2 aromatic rings. The number of amidine groups is 1. The van der Waals surface area contributed by atoms with Crippen LogP contribution >= 0.6 is 11.6 Å². The van der Waals surface area contributed by atoms with Crippen molar-refractivity contribution in [2.75, 3.05) is 0 Å². The van der Waals surface area contributed by atoms with E-state index < -0.39 is 0 Å². The van der Waals surface area contributed by atoms with Gasteiger partial charge in [-0.1, -0.05) is 54.1 Å². The van der Waals surface area contributed by atoms with Gasteiger partial charge in [0.25, 0.3) is 5.91 Å². The van der Waals surface area contributed by atoms with Crippen LogP contribution in [0.3, 0.4) is 0 Å². The fourth-order valence-electron chi connectivity index (χ4n) is 1.96. The number of hydrogen-bond donors (Lipinski definition) is 1. The van der Waals surface area contributed by atoms with Crippen LogP contribution in [0.1, 0.15) is 11.1 Å². The number of carbonyl (C=O) groups excluding carboxylic acids is 1. The number of aliphatic imine (C=N–C) groups is 1. The molecule has 0 fully saturated rings. The predicted molar refractivity (Wildman–Crippen MR) is 80.6 cm³/mol. The van der Waals surface area contributed by atoms with Gasteiger partial charge >= 0.3 is 0 Å². The Labute approximate surface area is 121 Å². The lowest BCUT2D eigenvalue weighted by molar-refractivity contribution is -0.115. The maximum atomic E-state index is 11.9. The standard InChI is InChI=1S/C16H11ClN2O/c17-13-9-5-4-8-12(13)15-18-14(16(20)19-15)10-11-6-2-1-3-7-11/h1-10H,(H,18,19,20)/b14-10+. The monoisotopic (exact) mass is 282 g/mol. The largest absolute Gasteiger partial charge is 0.305 e. The summed E-state index contributed by atoms with van der Waals surface area (Å²) in [5.41, 5.74) is 2.03. The summed E-state index contributed by atoms with van der Waals surface area (Å²) >= 11 is 6.11. The van der Waals surface area contributed by atoms with Crippen molar-refractivity contribution < 1.29 is 4.79 Å². The number of rotatable bonds is 2. The Morgan fingerprint density at radius 3 is 2.45 bits per heavy atom. The predicted octanol–water partition coefficient (Wildman–Crippen LogP) is 3.26. The molecule has 1 heterocycles. The van der Waals surface area contributed by atoms with E-state index in [9.17, 15) is 4.79 Å². The topological polar surface area (TPSA) is 41.5 Å². The number of hydrogen-bond acceptors (Lipinski definition) is 2. The highest BCUT2D eigenvalue weighted by Gasteiger charge is 2.22. The van der Waals surface area contributed by atoms with Gasteiger partial charge in [-0.05, 0) is 23.8 Å². The van der Waals surface area contributed by atoms with Crippen molar-refractivity contribution >= 4 is 29.4 Å². The number of nitrogens with zero attached hydrogens (tertiary/aromatic N) is 1. The molecule has 0 spiro atoms. The first-order valence-electron chi connectivity index (χ1n) is 6.16. The van der Waals surface area contributed by atoms with Gasteiger partial charge in [0.15, 0.2) is 0 Å². The average Bonchev–Trinajstić information content (AvgIpc) is 2.81. The van der Waals surface area contributed by atoms with E-state index in [0.29, 0.717) is 16.6 Å². The van der Waals surface area contributed by atoms with Crippen LogP contribution in [-0.4, -0.2) is 11.7 Å². The first-order chi connectivity index (χ1) is 9.74. The molecule has 4 heteroatoms. The molecule has 98 valence electrons. The molecule has 0 radical (unpaired) electrons. The normalized spacial score (nSPS) is 16.1. The van der Waals surface area contributed by atoms with Gasteiger partial charge in [0.05, 0.1) is 5.02 Å². The molecule has 0 bridgehead atoms. The van der Waals surface area contributed by atoms with Gasteiger partial charge in [0.2, 0.25) is 0 Å². The number of carbonyl (C=O) groups is 1. The number of halogens is 1. The van der Waals surface area contributed by atoms with Crippen molar-refractivity contribution in [3.05, 3.63) is 76.4 Å². The summed E-state index contributed by atoms with van der Waals surface area (Å²) in [4.78, 5) is 16.3. The van der Waals surface area contributed by atoms with Gasteiger partial charge in [0, 0.05) is 5.56 Å². The Balaban J connectivity index is 1.98.